The third kappa shape index (κ3) is 2.64. The van der Waals surface area contributed by atoms with E-state index in [9.17, 15) is 4.79 Å². The number of carbonyl (C=O) groups is 1. The van der Waals surface area contributed by atoms with Crippen LogP contribution in [-0.2, 0) is 0 Å². The number of rotatable bonds is 1. The summed E-state index contributed by atoms with van der Waals surface area (Å²) in [4.78, 5) is 18.1. The molecular weight excluding hydrogens is 308 g/mol. The van der Waals surface area contributed by atoms with Gasteiger partial charge in [0.2, 0.25) is 0 Å². The van der Waals surface area contributed by atoms with Crippen LogP contribution in [0.4, 0.5) is 0 Å². The van der Waals surface area contributed by atoms with E-state index < -0.39 is 0 Å². The highest BCUT2D eigenvalue weighted by molar-refractivity contribution is 5.94. The van der Waals surface area contributed by atoms with E-state index in [1.807, 2.05) is 30.3 Å². The van der Waals surface area contributed by atoms with Crippen molar-refractivity contribution in [3.05, 3.63) is 47.5 Å². The molecule has 4 aliphatic rings. The third-order valence-electron chi connectivity index (χ3n) is 6.94. The van der Waals surface area contributed by atoms with Crippen LogP contribution in [0, 0.1) is 11.8 Å². The largest absolute Gasteiger partial charge is 0.332 e. The maximum atomic E-state index is 13.2. The minimum Gasteiger partial charge on any atom is -0.332 e. The van der Waals surface area contributed by atoms with Gasteiger partial charge in [0.25, 0.3) is 5.91 Å². The second kappa shape index (κ2) is 6.28. The van der Waals surface area contributed by atoms with Gasteiger partial charge in [-0.25, -0.2) is 0 Å². The number of likely N-dealkylation sites (tertiary alicyclic amines) is 1. The van der Waals surface area contributed by atoms with Gasteiger partial charge in [0.15, 0.2) is 0 Å². The van der Waals surface area contributed by atoms with E-state index in [4.69, 9.17) is 0 Å². The van der Waals surface area contributed by atoms with Crippen LogP contribution in [0.15, 0.2) is 42.0 Å². The molecule has 3 aliphatic heterocycles. The van der Waals surface area contributed by atoms with Crippen molar-refractivity contribution >= 4 is 5.91 Å². The molecule has 0 spiro atoms. The Morgan fingerprint density at radius 1 is 1.04 bits per heavy atom. The van der Waals surface area contributed by atoms with Crippen molar-refractivity contribution < 1.29 is 4.79 Å². The quantitative estimate of drug-likeness (QED) is 0.730. The second-order valence-electron chi connectivity index (χ2n) is 8.37. The predicted molar refractivity (Wildman–Crippen MR) is 99.4 cm³/mol. The fraction of sp³-hybridized carbons (Fsp3) is 0.591. The Balaban J connectivity index is 1.46. The van der Waals surface area contributed by atoms with Crippen LogP contribution in [-0.4, -0.2) is 47.4 Å². The Morgan fingerprint density at radius 3 is 2.80 bits per heavy atom. The number of hydrogen-bond acceptors (Lipinski definition) is 2. The van der Waals surface area contributed by atoms with Crippen LogP contribution in [0.2, 0.25) is 0 Å². The van der Waals surface area contributed by atoms with E-state index in [-0.39, 0.29) is 5.91 Å². The van der Waals surface area contributed by atoms with Gasteiger partial charge in [-0.2, -0.15) is 0 Å². The smallest absolute Gasteiger partial charge is 0.254 e. The van der Waals surface area contributed by atoms with E-state index in [1.165, 1.54) is 45.2 Å². The zero-order valence-electron chi connectivity index (χ0n) is 14.9. The summed E-state index contributed by atoms with van der Waals surface area (Å²) in [5, 5.41) is 0. The molecule has 3 saturated heterocycles. The van der Waals surface area contributed by atoms with Crippen molar-refractivity contribution in [1.29, 1.82) is 0 Å². The summed E-state index contributed by atoms with van der Waals surface area (Å²) in [6.45, 7) is 3.38. The van der Waals surface area contributed by atoms with Crippen LogP contribution < -0.4 is 0 Å². The topological polar surface area (TPSA) is 23.6 Å². The van der Waals surface area contributed by atoms with Gasteiger partial charge in [0, 0.05) is 24.7 Å². The highest BCUT2D eigenvalue weighted by Gasteiger charge is 2.46. The summed E-state index contributed by atoms with van der Waals surface area (Å²) in [6.07, 6.45) is 10.3. The Hall–Kier alpha value is -1.61. The van der Waals surface area contributed by atoms with Gasteiger partial charge < -0.3 is 4.90 Å². The molecule has 3 nitrogen and oxygen atoms in total. The summed E-state index contributed by atoms with van der Waals surface area (Å²) >= 11 is 0. The molecule has 0 radical (unpaired) electrons. The van der Waals surface area contributed by atoms with Gasteiger partial charge in [0.1, 0.15) is 0 Å². The first-order chi connectivity index (χ1) is 12.3. The standard InChI is InChI=1S/C22H28N2O/c25-22(16-7-2-1-3-8-16)24-12-6-9-17-13-18-14-19(21(17)24)15-23-11-5-4-10-20(18)23/h1-3,7-8,13,18-21H,4-6,9-12,14-15H2/t18-,19+,20-,21-/m1/s1. The zero-order valence-corrected chi connectivity index (χ0v) is 14.9. The van der Waals surface area contributed by atoms with Crippen LogP contribution in [0.3, 0.4) is 0 Å². The first kappa shape index (κ1) is 15.6. The highest BCUT2D eigenvalue weighted by atomic mass is 16.2. The molecule has 0 N–H and O–H groups in total. The van der Waals surface area contributed by atoms with Crippen molar-refractivity contribution in [2.75, 3.05) is 19.6 Å². The number of piperidine rings is 3. The fourth-order valence-electron chi connectivity index (χ4n) is 5.95. The minimum absolute atomic E-state index is 0.232. The van der Waals surface area contributed by atoms with Crippen LogP contribution in [0.1, 0.15) is 48.9 Å². The Morgan fingerprint density at radius 2 is 1.92 bits per heavy atom. The second-order valence-corrected chi connectivity index (χ2v) is 8.37. The van der Waals surface area contributed by atoms with Gasteiger partial charge in [0.05, 0.1) is 6.04 Å². The van der Waals surface area contributed by atoms with Gasteiger partial charge in [-0.3, -0.25) is 9.69 Å². The molecule has 1 aliphatic carbocycles. The van der Waals surface area contributed by atoms with Crippen molar-refractivity contribution in [3.63, 3.8) is 0 Å². The van der Waals surface area contributed by atoms with Crippen LogP contribution >= 0.6 is 0 Å². The number of carbonyl (C=O) groups excluding carboxylic acids is 1. The lowest BCUT2D eigenvalue weighted by molar-refractivity contribution is 0.00148. The Kier molecular flexibility index (Phi) is 3.93. The molecule has 25 heavy (non-hydrogen) atoms. The molecule has 3 heteroatoms. The SMILES string of the molecule is O=C(c1ccccc1)N1CCCC2=C[C@@H]3C[C@@H](CN4CCCC[C@H]34)[C@@H]21. The predicted octanol–water partition coefficient (Wildman–Crippen LogP) is 3.72. The fourth-order valence-corrected chi connectivity index (χ4v) is 5.95. The van der Waals surface area contributed by atoms with Gasteiger partial charge in [-0.05, 0) is 62.6 Å². The maximum absolute atomic E-state index is 13.2. The number of nitrogens with zero attached hydrogens (tertiary/aromatic N) is 2. The lowest BCUT2D eigenvalue weighted by Gasteiger charge is -2.54. The monoisotopic (exact) mass is 336 g/mol. The van der Waals surface area contributed by atoms with Gasteiger partial charge in [-0.1, -0.05) is 36.3 Å². The minimum atomic E-state index is 0.232. The van der Waals surface area contributed by atoms with E-state index in [1.54, 1.807) is 5.57 Å². The first-order valence-corrected chi connectivity index (χ1v) is 10.1. The van der Waals surface area contributed by atoms with Crippen LogP contribution in [0.5, 0.6) is 0 Å². The number of amides is 1. The van der Waals surface area contributed by atoms with Crippen molar-refractivity contribution in [3.8, 4) is 0 Å². The number of fused-ring (bicyclic) bond motifs is 6. The molecule has 1 aromatic rings. The van der Waals surface area contributed by atoms with E-state index >= 15 is 0 Å². The molecule has 3 heterocycles. The van der Waals surface area contributed by atoms with Crippen molar-refractivity contribution in [2.45, 2.75) is 50.6 Å². The average Bonchev–Trinajstić information content (AvgIpc) is 2.68. The van der Waals surface area contributed by atoms with Gasteiger partial charge in [-0.15, -0.1) is 0 Å². The maximum Gasteiger partial charge on any atom is 0.254 e. The molecule has 4 atom stereocenters. The molecule has 0 aromatic heterocycles. The summed E-state index contributed by atoms with van der Waals surface area (Å²) in [6, 6.07) is 11.0. The number of hydrogen-bond donors (Lipinski definition) is 0. The Bertz CT molecular complexity index is 683. The summed E-state index contributed by atoms with van der Waals surface area (Å²) in [5.41, 5.74) is 2.42. The van der Waals surface area contributed by atoms with Crippen molar-refractivity contribution in [2.24, 2.45) is 11.8 Å². The Labute approximate surface area is 150 Å². The number of benzene rings is 1. The van der Waals surface area contributed by atoms with Gasteiger partial charge >= 0.3 is 0 Å². The normalized spacial score (nSPS) is 34.7. The molecule has 3 fully saturated rings. The van der Waals surface area contributed by atoms with Crippen molar-refractivity contribution in [1.82, 2.24) is 9.80 Å². The average molecular weight is 336 g/mol. The summed E-state index contributed by atoms with van der Waals surface area (Å²) < 4.78 is 0. The first-order valence-electron chi connectivity index (χ1n) is 10.1. The molecule has 0 saturated carbocycles. The lowest BCUT2D eigenvalue weighted by atomic mass is 9.68. The molecule has 132 valence electrons. The molecule has 1 amide bonds. The molecule has 1 aromatic carbocycles. The third-order valence-corrected chi connectivity index (χ3v) is 6.94. The zero-order chi connectivity index (χ0) is 16.8. The highest BCUT2D eigenvalue weighted by Crippen LogP contribution is 2.45. The van der Waals surface area contributed by atoms with Crippen LogP contribution in [0.25, 0.3) is 0 Å². The molecular formula is C22H28N2O. The molecule has 2 bridgehead atoms. The summed E-state index contributed by atoms with van der Waals surface area (Å²) in [5.74, 6) is 1.60. The summed E-state index contributed by atoms with van der Waals surface area (Å²) in [7, 11) is 0. The van der Waals surface area contributed by atoms with E-state index in [0.717, 1.165) is 30.5 Å². The van der Waals surface area contributed by atoms with E-state index in [0.29, 0.717) is 12.0 Å². The lowest BCUT2D eigenvalue weighted by Crippen LogP contribution is -2.60. The molecule has 5 rings (SSSR count). The molecule has 0 unspecified atom stereocenters. The van der Waals surface area contributed by atoms with E-state index in [2.05, 4.69) is 15.9 Å².